The standard InChI is InChI=1S/C32H37FN2O8/c1-20(35-31(37)28-30(42-22(3)36)27(40-5)15-17-34-28)32(38)41-21(2)29(43-26-9-7-6-8-10-26)24(16-18-39-4)19-23-11-13-25(33)14-12-23/h6-15,17,20-21,24,29H,16,18-19H2,1-5H3,(H,35,37)/t20-,21-,24+,29-/m0/s1. The van der Waals surface area contributed by atoms with Crippen LogP contribution in [0.25, 0.3) is 0 Å². The number of nitrogens with zero attached hydrogens (tertiary/aromatic N) is 1. The van der Waals surface area contributed by atoms with Gasteiger partial charge >= 0.3 is 11.9 Å². The molecule has 0 unspecified atom stereocenters. The van der Waals surface area contributed by atoms with Crippen LogP contribution in [0.3, 0.4) is 0 Å². The van der Waals surface area contributed by atoms with Crippen molar-refractivity contribution < 1.29 is 42.5 Å². The number of amides is 1. The van der Waals surface area contributed by atoms with Gasteiger partial charge in [0.15, 0.2) is 11.4 Å². The van der Waals surface area contributed by atoms with Crippen LogP contribution in [-0.2, 0) is 25.5 Å². The molecular formula is C32H37FN2O8. The molecule has 230 valence electrons. The highest BCUT2D eigenvalue weighted by Gasteiger charge is 2.33. The van der Waals surface area contributed by atoms with E-state index in [0.717, 1.165) is 5.56 Å². The summed E-state index contributed by atoms with van der Waals surface area (Å²) in [4.78, 5) is 41.9. The SMILES string of the molecule is COCC[C@H](Cc1ccc(F)cc1)[C@@H](Oc1ccccc1)[C@H](C)OC(=O)[C@H](C)NC(=O)c1nccc(OC)c1OC(C)=O. The first-order valence-electron chi connectivity index (χ1n) is 13.8. The van der Waals surface area contributed by atoms with Crippen LogP contribution in [0.4, 0.5) is 4.39 Å². The van der Waals surface area contributed by atoms with Gasteiger partial charge in [-0.3, -0.25) is 9.59 Å². The first kappa shape index (κ1) is 33.0. The molecule has 4 atom stereocenters. The summed E-state index contributed by atoms with van der Waals surface area (Å²) in [5.41, 5.74) is 0.657. The molecule has 43 heavy (non-hydrogen) atoms. The van der Waals surface area contributed by atoms with Gasteiger partial charge in [0.05, 0.1) is 7.11 Å². The Bertz CT molecular complexity index is 1350. The molecule has 10 nitrogen and oxygen atoms in total. The fraction of sp³-hybridized carbons (Fsp3) is 0.375. The van der Waals surface area contributed by atoms with Crippen LogP contribution in [0.2, 0.25) is 0 Å². The second kappa shape index (κ2) is 16.2. The highest BCUT2D eigenvalue weighted by Crippen LogP contribution is 2.30. The molecule has 0 saturated carbocycles. The number of carbonyl (C=O) groups excluding carboxylic acids is 3. The Kier molecular flexibility index (Phi) is 12.4. The maximum absolute atomic E-state index is 13.6. The lowest BCUT2D eigenvalue weighted by Gasteiger charge is -2.33. The van der Waals surface area contributed by atoms with Crippen LogP contribution in [-0.4, -0.2) is 61.9 Å². The molecule has 2 aromatic carbocycles. The molecule has 0 aliphatic rings. The number of carbonyl (C=O) groups is 3. The van der Waals surface area contributed by atoms with E-state index in [9.17, 15) is 18.8 Å². The number of nitrogens with one attached hydrogen (secondary N) is 1. The second-order valence-corrected chi connectivity index (χ2v) is 9.89. The van der Waals surface area contributed by atoms with Gasteiger partial charge < -0.3 is 29.0 Å². The summed E-state index contributed by atoms with van der Waals surface area (Å²) in [6.45, 7) is 4.78. The van der Waals surface area contributed by atoms with Crippen LogP contribution in [0.1, 0.15) is 43.2 Å². The summed E-state index contributed by atoms with van der Waals surface area (Å²) in [5.74, 6) is -2.13. The van der Waals surface area contributed by atoms with Gasteiger partial charge in [-0.15, -0.1) is 0 Å². The summed E-state index contributed by atoms with van der Waals surface area (Å²) >= 11 is 0. The van der Waals surface area contributed by atoms with Gasteiger partial charge in [-0.2, -0.15) is 0 Å². The molecule has 3 aromatic rings. The molecule has 0 spiro atoms. The van der Waals surface area contributed by atoms with Crippen molar-refractivity contribution in [3.8, 4) is 17.2 Å². The lowest BCUT2D eigenvalue weighted by atomic mass is 9.88. The summed E-state index contributed by atoms with van der Waals surface area (Å²) in [5, 5.41) is 2.54. The number of hydrogen-bond acceptors (Lipinski definition) is 9. The highest BCUT2D eigenvalue weighted by molar-refractivity contribution is 5.98. The van der Waals surface area contributed by atoms with Gasteiger partial charge in [0.25, 0.3) is 5.91 Å². The van der Waals surface area contributed by atoms with E-state index in [2.05, 4.69) is 10.3 Å². The van der Waals surface area contributed by atoms with Crippen molar-refractivity contribution in [1.82, 2.24) is 10.3 Å². The number of hydrogen-bond donors (Lipinski definition) is 1. The van der Waals surface area contributed by atoms with Crippen LogP contribution in [0, 0.1) is 11.7 Å². The van der Waals surface area contributed by atoms with Gasteiger partial charge in [-0.1, -0.05) is 30.3 Å². The molecule has 3 rings (SSSR count). The minimum Gasteiger partial charge on any atom is -0.493 e. The molecule has 1 heterocycles. The van der Waals surface area contributed by atoms with Gasteiger partial charge in [0.1, 0.15) is 29.8 Å². The van der Waals surface area contributed by atoms with Crippen LogP contribution >= 0.6 is 0 Å². The lowest BCUT2D eigenvalue weighted by molar-refractivity contribution is -0.156. The predicted octanol–water partition coefficient (Wildman–Crippen LogP) is 4.55. The number of benzene rings is 2. The van der Waals surface area contributed by atoms with E-state index in [0.29, 0.717) is 25.2 Å². The number of pyridine rings is 1. The molecule has 0 saturated heterocycles. The van der Waals surface area contributed by atoms with Crippen molar-refractivity contribution in [2.45, 2.75) is 51.9 Å². The van der Waals surface area contributed by atoms with Crippen molar-refractivity contribution in [2.24, 2.45) is 5.92 Å². The smallest absolute Gasteiger partial charge is 0.328 e. The number of ether oxygens (including phenoxy) is 5. The molecule has 1 amide bonds. The van der Waals surface area contributed by atoms with E-state index in [-0.39, 0.29) is 28.9 Å². The van der Waals surface area contributed by atoms with Crippen molar-refractivity contribution in [1.29, 1.82) is 0 Å². The monoisotopic (exact) mass is 596 g/mol. The zero-order valence-corrected chi connectivity index (χ0v) is 24.9. The quantitative estimate of drug-likeness (QED) is 0.252. The van der Waals surface area contributed by atoms with Gasteiger partial charge in [0, 0.05) is 38.8 Å². The zero-order chi connectivity index (χ0) is 31.4. The summed E-state index contributed by atoms with van der Waals surface area (Å²) in [7, 11) is 2.95. The summed E-state index contributed by atoms with van der Waals surface area (Å²) in [6, 6.07) is 15.7. The molecule has 0 aliphatic heterocycles. The van der Waals surface area contributed by atoms with E-state index in [1.165, 1.54) is 45.4 Å². The normalized spacial score (nSPS) is 13.6. The van der Waals surface area contributed by atoms with Gasteiger partial charge in [-0.05, 0) is 56.5 Å². The molecule has 0 aliphatic carbocycles. The minimum absolute atomic E-state index is 0.128. The first-order chi connectivity index (χ1) is 20.6. The molecule has 0 bridgehead atoms. The minimum atomic E-state index is -1.10. The van der Waals surface area contributed by atoms with Gasteiger partial charge in [-0.25, -0.2) is 14.2 Å². The maximum atomic E-state index is 13.6. The highest BCUT2D eigenvalue weighted by atomic mass is 19.1. The van der Waals surface area contributed by atoms with E-state index in [1.54, 1.807) is 38.3 Å². The average Bonchev–Trinajstić information content (AvgIpc) is 2.99. The molecule has 0 radical (unpaired) electrons. The third-order valence-corrected chi connectivity index (χ3v) is 6.60. The topological polar surface area (TPSA) is 122 Å². The Hall–Kier alpha value is -4.51. The van der Waals surface area contributed by atoms with Crippen molar-refractivity contribution in [2.75, 3.05) is 20.8 Å². The summed E-state index contributed by atoms with van der Waals surface area (Å²) in [6.07, 6.45) is 1.01. The predicted molar refractivity (Wildman–Crippen MR) is 156 cm³/mol. The van der Waals surface area contributed by atoms with E-state index >= 15 is 0 Å². The number of methoxy groups -OCH3 is 2. The van der Waals surface area contributed by atoms with Crippen molar-refractivity contribution in [3.63, 3.8) is 0 Å². The van der Waals surface area contributed by atoms with Crippen LogP contribution < -0.4 is 19.5 Å². The Morgan fingerprint density at radius 2 is 1.67 bits per heavy atom. The molecule has 11 heteroatoms. The first-order valence-corrected chi connectivity index (χ1v) is 13.8. The third-order valence-electron chi connectivity index (χ3n) is 6.60. The van der Waals surface area contributed by atoms with Crippen molar-refractivity contribution >= 4 is 17.8 Å². The number of aromatic nitrogens is 1. The molecule has 0 fully saturated rings. The average molecular weight is 597 g/mol. The third kappa shape index (κ3) is 9.78. The number of rotatable bonds is 15. The van der Waals surface area contributed by atoms with Gasteiger partial charge in [0.2, 0.25) is 5.75 Å². The Balaban J connectivity index is 1.80. The largest absolute Gasteiger partial charge is 0.493 e. The zero-order valence-electron chi connectivity index (χ0n) is 24.9. The number of para-hydroxylation sites is 1. The fourth-order valence-corrected chi connectivity index (χ4v) is 4.48. The Morgan fingerprint density at radius 3 is 2.30 bits per heavy atom. The Morgan fingerprint density at radius 1 is 0.977 bits per heavy atom. The maximum Gasteiger partial charge on any atom is 0.328 e. The second-order valence-electron chi connectivity index (χ2n) is 9.89. The van der Waals surface area contributed by atoms with E-state index in [4.69, 9.17) is 23.7 Å². The van der Waals surface area contributed by atoms with Crippen molar-refractivity contribution in [3.05, 3.63) is 83.9 Å². The Labute approximate surface area is 250 Å². The number of esters is 2. The fourth-order valence-electron chi connectivity index (χ4n) is 4.48. The molecular weight excluding hydrogens is 559 g/mol. The van der Waals surface area contributed by atoms with Crippen LogP contribution in [0.5, 0.6) is 17.2 Å². The number of halogens is 1. The lowest BCUT2D eigenvalue weighted by Crippen LogP contribution is -2.46. The van der Waals surface area contributed by atoms with E-state index < -0.39 is 36.1 Å². The van der Waals surface area contributed by atoms with E-state index in [1.807, 2.05) is 18.2 Å². The molecule has 1 aromatic heterocycles. The summed E-state index contributed by atoms with van der Waals surface area (Å²) < 4.78 is 41.5. The van der Waals surface area contributed by atoms with Crippen LogP contribution in [0.15, 0.2) is 66.9 Å². The molecule has 1 N–H and O–H groups in total.